The molecule has 2 atom stereocenters. The summed E-state index contributed by atoms with van der Waals surface area (Å²) in [6, 6.07) is 13.4. The Kier molecular flexibility index (Phi) is 7.12. The highest BCUT2D eigenvalue weighted by atomic mass is 16.5. The van der Waals surface area contributed by atoms with Crippen molar-refractivity contribution in [1.29, 1.82) is 0 Å². The molecule has 5 N–H and O–H groups in total. The molecule has 11 nitrogen and oxygen atoms in total. The number of rotatable bonds is 6. The summed E-state index contributed by atoms with van der Waals surface area (Å²) in [4.78, 5) is 56.6. The lowest BCUT2D eigenvalue weighted by Gasteiger charge is -2.34. The van der Waals surface area contributed by atoms with Crippen molar-refractivity contribution in [2.45, 2.75) is 31.5 Å². The number of aromatic amines is 1. The minimum Gasteiger partial charge on any atom is -0.385 e. The van der Waals surface area contributed by atoms with Crippen LogP contribution in [0.5, 0.6) is 0 Å². The Morgan fingerprint density at radius 2 is 1.89 bits per heavy atom. The second-order valence-corrected chi connectivity index (χ2v) is 9.51. The molecular formula is C27H29N5O6. The zero-order valence-corrected chi connectivity index (χ0v) is 20.7. The molecule has 0 aliphatic carbocycles. The first-order valence-corrected chi connectivity index (χ1v) is 12.5. The Balaban J connectivity index is 1.27. The molecule has 38 heavy (non-hydrogen) atoms. The zero-order valence-electron chi connectivity index (χ0n) is 20.7. The van der Waals surface area contributed by atoms with E-state index in [1.165, 1.54) is 11.0 Å². The fourth-order valence-electron chi connectivity index (χ4n) is 4.89. The molecule has 11 heteroatoms. The molecule has 0 radical (unpaired) electrons. The van der Waals surface area contributed by atoms with E-state index >= 15 is 0 Å². The Labute approximate surface area is 218 Å². The predicted molar refractivity (Wildman–Crippen MR) is 142 cm³/mol. The summed E-state index contributed by atoms with van der Waals surface area (Å²) in [5.74, 6) is -1.14. The number of aliphatic hydroxyl groups excluding tert-OH is 1. The molecule has 2 aromatic carbocycles. The van der Waals surface area contributed by atoms with Crippen LogP contribution in [0.1, 0.15) is 18.4 Å². The number of nitrogen functional groups attached to an aromatic ring is 1. The number of aliphatic hydroxyl groups is 1. The molecule has 0 saturated carbocycles. The molecule has 2 unspecified atom stereocenters. The number of carbonyl (C=O) groups is 3. The van der Waals surface area contributed by atoms with E-state index in [0.29, 0.717) is 16.5 Å². The maximum atomic E-state index is 13.2. The minimum atomic E-state index is -1.79. The highest BCUT2D eigenvalue weighted by molar-refractivity contribution is 6.04. The van der Waals surface area contributed by atoms with E-state index < -0.39 is 29.6 Å². The number of anilines is 3. The first kappa shape index (κ1) is 25.4. The summed E-state index contributed by atoms with van der Waals surface area (Å²) >= 11 is 0. The molecule has 2 fully saturated rings. The van der Waals surface area contributed by atoms with Crippen LogP contribution in [-0.2, 0) is 25.5 Å². The van der Waals surface area contributed by atoms with Crippen molar-refractivity contribution in [3.63, 3.8) is 0 Å². The summed E-state index contributed by atoms with van der Waals surface area (Å²) in [6.07, 6.45) is -0.936. The van der Waals surface area contributed by atoms with Gasteiger partial charge in [0.1, 0.15) is 5.82 Å². The van der Waals surface area contributed by atoms with Crippen LogP contribution in [0.3, 0.4) is 0 Å². The standard InChI is InChI=1S/C27H29N5O6/c28-21-14-17-6-7-18(15-20(17)25(35)30-21)29-26(36)23(34)24-27(37)32(10-11-38-24)19-5-3-4-16(12-19)13-22(33)31-8-1-2-9-31/h3-7,12,14-15,23-24,34H,1-2,8-11,13H2,(H,29,36)(H3,28,30,35). The van der Waals surface area contributed by atoms with Crippen molar-refractivity contribution in [1.82, 2.24) is 9.88 Å². The number of ether oxygens (including phenoxy) is 1. The van der Waals surface area contributed by atoms with Crippen LogP contribution < -0.4 is 21.5 Å². The monoisotopic (exact) mass is 519 g/mol. The van der Waals surface area contributed by atoms with Crippen molar-refractivity contribution < 1.29 is 24.2 Å². The van der Waals surface area contributed by atoms with Crippen LogP contribution in [0.4, 0.5) is 17.2 Å². The van der Waals surface area contributed by atoms with E-state index in [4.69, 9.17) is 10.5 Å². The van der Waals surface area contributed by atoms with Gasteiger partial charge in [-0.3, -0.25) is 19.2 Å². The van der Waals surface area contributed by atoms with Gasteiger partial charge in [-0.25, -0.2) is 0 Å². The van der Waals surface area contributed by atoms with Crippen LogP contribution >= 0.6 is 0 Å². The molecule has 2 saturated heterocycles. The molecule has 198 valence electrons. The normalized spacial score (nSPS) is 18.6. The van der Waals surface area contributed by atoms with Gasteiger partial charge in [-0.15, -0.1) is 0 Å². The number of pyridine rings is 1. The van der Waals surface area contributed by atoms with Gasteiger partial charge in [0.15, 0.2) is 12.2 Å². The number of benzene rings is 2. The van der Waals surface area contributed by atoms with E-state index in [-0.39, 0.29) is 37.0 Å². The van der Waals surface area contributed by atoms with Crippen molar-refractivity contribution >= 4 is 45.7 Å². The molecule has 1 aromatic heterocycles. The second-order valence-electron chi connectivity index (χ2n) is 9.51. The number of morpholine rings is 1. The number of carbonyl (C=O) groups excluding carboxylic acids is 3. The van der Waals surface area contributed by atoms with Gasteiger partial charge in [-0.05, 0) is 54.1 Å². The average molecular weight is 520 g/mol. The van der Waals surface area contributed by atoms with Gasteiger partial charge in [-0.1, -0.05) is 18.2 Å². The van der Waals surface area contributed by atoms with Crippen LogP contribution in [0, 0.1) is 0 Å². The maximum absolute atomic E-state index is 13.2. The van der Waals surface area contributed by atoms with E-state index in [9.17, 15) is 24.3 Å². The minimum absolute atomic E-state index is 0.0528. The third kappa shape index (κ3) is 5.24. The summed E-state index contributed by atoms with van der Waals surface area (Å²) in [5, 5.41) is 14.2. The number of aromatic nitrogens is 1. The van der Waals surface area contributed by atoms with Gasteiger partial charge < -0.3 is 35.7 Å². The molecule has 3 aromatic rings. The van der Waals surface area contributed by atoms with E-state index in [0.717, 1.165) is 31.5 Å². The highest BCUT2D eigenvalue weighted by Crippen LogP contribution is 2.24. The summed E-state index contributed by atoms with van der Waals surface area (Å²) in [6.45, 7) is 1.90. The largest absolute Gasteiger partial charge is 0.385 e. The molecule has 3 amide bonds. The van der Waals surface area contributed by atoms with Crippen LogP contribution in [0.2, 0.25) is 0 Å². The quantitative estimate of drug-likeness (QED) is 0.378. The second kappa shape index (κ2) is 10.6. The lowest BCUT2D eigenvalue weighted by molar-refractivity contribution is -0.150. The fourth-order valence-corrected chi connectivity index (χ4v) is 4.89. The first-order chi connectivity index (χ1) is 18.3. The van der Waals surface area contributed by atoms with Crippen molar-refractivity contribution in [2.24, 2.45) is 0 Å². The number of hydrogen-bond donors (Lipinski definition) is 4. The van der Waals surface area contributed by atoms with Crippen molar-refractivity contribution in [2.75, 3.05) is 42.2 Å². The zero-order chi connectivity index (χ0) is 26.8. The maximum Gasteiger partial charge on any atom is 0.259 e. The number of nitrogens with zero attached hydrogens (tertiary/aromatic N) is 2. The Bertz CT molecular complexity index is 1450. The van der Waals surface area contributed by atoms with E-state index in [1.807, 2.05) is 11.0 Å². The Morgan fingerprint density at radius 1 is 1.11 bits per heavy atom. The van der Waals surface area contributed by atoms with Gasteiger partial charge in [0.05, 0.1) is 13.0 Å². The summed E-state index contributed by atoms with van der Waals surface area (Å²) in [5.41, 5.74) is 6.86. The number of amides is 3. The molecule has 0 spiro atoms. The van der Waals surface area contributed by atoms with Crippen molar-refractivity contribution in [3.8, 4) is 0 Å². The molecule has 0 bridgehead atoms. The lowest BCUT2D eigenvalue weighted by atomic mass is 10.1. The number of likely N-dealkylation sites (tertiary alicyclic amines) is 1. The topological polar surface area (TPSA) is 158 Å². The van der Waals surface area contributed by atoms with Gasteiger partial charge >= 0.3 is 0 Å². The molecule has 2 aliphatic rings. The number of H-pyrrole nitrogens is 1. The molecular weight excluding hydrogens is 490 g/mol. The number of fused-ring (bicyclic) bond motifs is 1. The summed E-state index contributed by atoms with van der Waals surface area (Å²) in [7, 11) is 0. The van der Waals surface area contributed by atoms with E-state index in [1.54, 1.807) is 36.4 Å². The Hall–Kier alpha value is -4.22. The van der Waals surface area contributed by atoms with Gasteiger partial charge in [-0.2, -0.15) is 0 Å². The van der Waals surface area contributed by atoms with Gasteiger partial charge in [0.2, 0.25) is 5.91 Å². The van der Waals surface area contributed by atoms with Crippen LogP contribution in [-0.4, -0.2) is 71.2 Å². The lowest BCUT2D eigenvalue weighted by Crippen LogP contribution is -2.55. The van der Waals surface area contributed by atoms with Crippen LogP contribution in [0.15, 0.2) is 53.3 Å². The number of nitrogens with one attached hydrogen (secondary N) is 2. The summed E-state index contributed by atoms with van der Waals surface area (Å²) < 4.78 is 5.50. The van der Waals surface area contributed by atoms with E-state index in [2.05, 4.69) is 10.3 Å². The smallest absolute Gasteiger partial charge is 0.259 e. The number of nitrogens with two attached hydrogens (primary N) is 1. The van der Waals surface area contributed by atoms with Gasteiger partial charge in [0, 0.05) is 36.4 Å². The SMILES string of the molecule is Nc1cc2ccc(NC(=O)C(O)C3OCCN(c4cccc(CC(=O)N5CCCC5)c4)C3=O)cc2c(=O)[nH]1. The predicted octanol–water partition coefficient (Wildman–Crippen LogP) is 1.01. The number of hydrogen-bond acceptors (Lipinski definition) is 7. The third-order valence-electron chi connectivity index (χ3n) is 6.85. The van der Waals surface area contributed by atoms with Crippen LogP contribution in [0.25, 0.3) is 10.8 Å². The fraction of sp³-hybridized carbons (Fsp3) is 0.333. The molecule has 3 heterocycles. The average Bonchev–Trinajstić information content (AvgIpc) is 3.44. The van der Waals surface area contributed by atoms with Crippen molar-refractivity contribution in [3.05, 3.63) is 64.4 Å². The third-order valence-corrected chi connectivity index (χ3v) is 6.85. The van der Waals surface area contributed by atoms with Gasteiger partial charge in [0.25, 0.3) is 17.4 Å². The Morgan fingerprint density at radius 3 is 2.68 bits per heavy atom. The highest BCUT2D eigenvalue weighted by Gasteiger charge is 2.39. The first-order valence-electron chi connectivity index (χ1n) is 12.5. The molecule has 2 aliphatic heterocycles. The molecule has 5 rings (SSSR count).